The minimum Gasteiger partial charge on any atom is -0.247 e. The van der Waals surface area contributed by atoms with Crippen molar-refractivity contribution in [2.24, 2.45) is 11.8 Å². The predicted octanol–water partition coefficient (Wildman–Crippen LogP) is 7.43. The molecule has 0 spiro atoms. The molecule has 0 bridgehead atoms. The summed E-state index contributed by atoms with van der Waals surface area (Å²) in [5.41, 5.74) is 2.20. The maximum atomic E-state index is 13.4. The fraction of sp³-hybridized carbons (Fsp3) is 0.417. The smallest absolute Gasteiger partial charge is 0.194 e. The van der Waals surface area contributed by atoms with Crippen LogP contribution in [0.1, 0.15) is 44.1 Å². The van der Waals surface area contributed by atoms with E-state index in [0.717, 1.165) is 37.3 Å². The summed E-state index contributed by atoms with van der Waals surface area (Å²) < 4.78 is 52.0. The van der Waals surface area contributed by atoms with Crippen LogP contribution in [0.15, 0.2) is 48.6 Å². The van der Waals surface area contributed by atoms with Gasteiger partial charge in [-0.25, -0.2) is 17.6 Å². The fourth-order valence-electron chi connectivity index (χ4n) is 4.06. The zero-order chi connectivity index (χ0) is 19.9. The van der Waals surface area contributed by atoms with Crippen molar-refractivity contribution >= 4 is 0 Å². The van der Waals surface area contributed by atoms with E-state index >= 15 is 0 Å². The van der Waals surface area contributed by atoms with Gasteiger partial charge in [-0.3, -0.25) is 0 Å². The molecule has 0 N–H and O–H groups in total. The van der Waals surface area contributed by atoms with Gasteiger partial charge in [0.25, 0.3) is 0 Å². The van der Waals surface area contributed by atoms with Crippen molar-refractivity contribution in [1.82, 2.24) is 0 Å². The lowest BCUT2D eigenvalue weighted by atomic mass is 9.78. The third-order valence-electron chi connectivity index (χ3n) is 5.80. The monoisotopic (exact) mass is 390 g/mol. The summed E-state index contributed by atoms with van der Waals surface area (Å²) in [5, 5.41) is 0. The number of benzene rings is 2. The van der Waals surface area contributed by atoms with E-state index in [1.165, 1.54) is 31.2 Å². The van der Waals surface area contributed by atoms with Crippen molar-refractivity contribution in [2.45, 2.75) is 44.9 Å². The molecule has 1 saturated carbocycles. The summed E-state index contributed by atoms with van der Waals surface area (Å²) in [4.78, 5) is 0. The van der Waals surface area contributed by atoms with Crippen molar-refractivity contribution in [3.8, 4) is 11.1 Å². The Kier molecular flexibility index (Phi) is 7.30. The summed E-state index contributed by atoms with van der Waals surface area (Å²) in [6.45, 7) is -0.376. The Morgan fingerprint density at radius 3 is 2.00 bits per heavy atom. The van der Waals surface area contributed by atoms with E-state index in [2.05, 4.69) is 0 Å². The van der Waals surface area contributed by atoms with Crippen LogP contribution in [0.3, 0.4) is 0 Å². The number of aryl methyl sites for hydroxylation is 1. The van der Waals surface area contributed by atoms with E-state index in [9.17, 15) is 17.6 Å². The number of halogens is 4. The zero-order valence-corrected chi connectivity index (χ0v) is 15.9. The maximum absolute atomic E-state index is 13.4. The van der Waals surface area contributed by atoms with E-state index in [4.69, 9.17) is 0 Å². The Morgan fingerprint density at radius 1 is 0.786 bits per heavy atom. The van der Waals surface area contributed by atoms with Crippen LogP contribution in [0.4, 0.5) is 17.6 Å². The average molecular weight is 390 g/mol. The van der Waals surface area contributed by atoms with Crippen molar-refractivity contribution in [3.63, 3.8) is 0 Å². The van der Waals surface area contributed by atoms with E-state index < -0.39 is 17.5 Å². The van der Waals surface area contributed by atoms with E-state index in [-0.39, 0.29) is 6.67 Å². The summed E-state index contributed by atoms with van der Waals surface area (Å²) in [7, 11) is 0. The molecule has 150 valence electrons. The lowest BCUT2D eigenvalue weighted by molar-refractivity contribution is 0.265. The average Bonchev–Trinajstić information content (AvgIpc) is 2.71. The van der Waals surface area contributed by atoms with Gasteiger partial charge in [-0.2, -0.15) is 0 Å². The van der Waals surface area contributed by atoms with Crippen LogP contribution in [-0.2, 0) is 6.42 Å². The summed E-state index contributed by atoms with van der Waals surface area (Å²) in [6.07, 6.45) is 11.5. The van der Waals surface area contributed by atoms with Crippen LogP contribution in [-0.4, -0.2) is 6.67 Å². The molecule has 0 radical (unpaired) electrons. The molecule has 1 aliphatic rings. The van der Waals surface area contributed by atoms with Crippen LogP contribution in [0, 0.1) is 29.3 Å². The largest absolute Gasteiger partial charge is 0.247 e. The minimum atomic E-state index is -1.44. The molecule has 1 aliphatic carbocycles. The quantitative estimate of drug-likeness (QED) is 0.262. The van der Waals surface area contributed by atoms with Crippen LogP contribution in [0.2, 0.25) is 0 Å². The summed E-state index contributed by atoms with van der Waals surface area (Å²) in [6, 6.07) is 9.65. The van der Waals surface area contributed by atoms with Gasteiger partial charge in [0.1, 0.15) is 6.67 Å². The van der Waals surface area contributed by atoms with Gasteiger partial charge in [-0.05, 0) is 72.8 Å². The van der Waals surface area contributed by atoms with Crippen molar-refractivity contribution < 1.29 is 17.6 Å². The highest BCUT2D eigenvalue weighted by molar-refractivity contribution is 5.63. The van der Waals surface area contributed by atoms with Crippen molar-refractivity contribution in [3.05, 3.63) is 71.6 Å². The Bertz CT molecular complexity index is 764. The van der Waals surface area contributed by atoms with Crippen molar-refractivity contribution in [2.75, 3.05) is 6.67 Å². The molecule has 2 aromatic rings. The van der Waals surface area contributed by atoms with Crippen LogP contribution in [0.5, 0.6) is 0 Å². The Labute approximate surface area is 164 Å². The van der Waals surface area contributed by atoms with E-state index in [1.807, 2.05) is 30.3 Å². The van der Waals surface area contributed by atoms with Gasteiger partial charge in [-0.1, -0.05) is 49.3 Å². The Balaban J connectivity index is 1.50. The van der Waals surface area contributed by atoms with Crippen LogP contribution in [0.25, 0.3) is 11.1 Å². The van der Waals surface area contributed by atoms with E-state index in [0.29, 0.717) is 17.0 Å². The SMILES string of the molecule is FC/C=C/CC1CCC(CCc2ccc(-c3cc(F)c(F)c(F)c3)cc2)CC1. The molecular formula is C24H26F4. The standard InChI is InChI=1S/C24H26F4/c25-14-2-1-3-17-4-6-18(7-5-17)8-9-19-10-12-20(13-11-19)21-15-22(26)24(28)23(27)16-21/h1-2,10-13,15-18H,3-9,14H2/b2-1+. The molecule has 28 heavy (non-hydrogen) atoms. The lowest BCUT2D eigenvalue weighted by Crippen LogP contribution is -2.14. The van der Waals surface area contributed by atoms with Crippen LogP contribution < -0.4 is 0 Å². The first-order valence-corrected chi connectivity index (χ1v) is 10.0. The van der Waals surface area contributed by atoms with Gasteiger partial charge in [0.15, 0.2) is 17.5 Å². The molecule has 0 nitrogen and oxygen atoms in total. The molecular weight excluding hydrogens is 364 g/mol. The summed E-state index contributed by atoms with van der Waals surface area (Å²) >= 11 is 0. The number of hydrogen-bond donors (Lipinski definition) is 0. The van der Waals surface area contributed by atoms with Gasteiger partial charge >= 0.3 is 0 Å². The van der Waals surface area contributed by atoms with Crippen molar-refractivity contribution in [1.29, 1.82) is 0 Å². The second-order valence-electron chi connectivity index (χ2n) is 7.74. The second-order valence-corrected chi connectivity index (χ2v) is 7.74. The van der Waals surface area contributed by atoms with Gasteiger partial charge in [-0.15, -0.1) is 0 Å². The molecule has 4 heteroatoms. The molecule has 1 fully saturated rings. The topological polar surface area (TPSA) is 0 Å². The minimum absolute atomic E-state index is 0.336. The van der Waals surface area contributed by atoms with Gasteiger partial charge in [0, 0.05) is 0 Å². The third-order valence-corrected chi connectivity index (χ3v) is 5.80. The lowest BCUT2D eigenvalue weighted by Gasteiger charge is -2.28. The normalized spacial score (nSPS) is 20.0. The highest BCUT2D eigenvalue weighted by atomic mass is 19.2. The first-order chi connectivity index (χ1) is 13.6. The maximum Gasteiger partial charge on any atom is 0.194 e. The highest BCUT2D eigenvalue weighted by Crippen LogP contribution is 2.33. The molecule has 0 atom stereocenters. The number of rotatable bonds is 7. The first-order valence-electron chi connectivity index (χ1n) is 10.0. The first kappa shape index (κ1) is 20.6. The molecule has 0 heterocycles. The fourth-order valence-corrected chi connectivity index (χ4v) is 4.06. The van der Waals surface area contributed by atoms with Crippen LogP contribution >= 0.6 is 0 Å². The number of hydrogen-bond acceptors (Lipinski definition) is 0. The molecule has 2 aromatic carbocycles. The van der Waals surface area contributed by atoms with Gasteiger partial charge in [0.05, 0.1) is 0 Å². The van der Waals surface area contributed by atoms with Gasteiger partial charge in [0.2, 0.25) is 0 Å². The molecule has 0 aliphatic heterocycles. The Hall–Kier alpha value is -2.10. The molecule has 0 aromatic heterocycles. The molecule has 3 rings (SSSR count). The molecule has 0 unspecified atom stereocenters. The zero-order valence-electron chi connectivity index (χ0n) is 15.9. The Morgan fingerprint density at radius 2 is 1.39 bits per heavy atom. The summed E-state index contributed by atoms with van der Waals surface area (Å²) in [5.74, 6) is -2.37. The number of allylic oxidation sites excluding steroid dienone is 2. The molecule has 0 saturated heterocycles. The third kappa shape index (κ3) is 5.46. The number of alkyl halides is 1. The predicted molar refractivity (Wildman–Crippen MR) is 105 cm³/mol. The van der Waals surface area contributed by atoms with Gasteiger partial charge < -0.3 is 0 Å². The molecule has 0 amide bonds. The highest BCUT2D eigenvalue weighted by Gasteiger charge is 2.20. The second kappa shape index (κ2) is 9.90. The van der Waals surface area contributed by atoms with E-state index in [1.54, 1.807) is 6.08 Å².